The predicted octanol–water partition coefficient (Wildman–Crippen LogP) is 7.31. The molecule has 2 heterocycles. The molecule has 202 valence electrons. The molecule has 3 aromatic carbocycles. The van der Waals surface area contributed by atoms with Crippen LogP contribution in [-0.4, -0.2) is 54.1 Å². The molecule has 0 bridgehead atoms. The van der Waals surface area contributed by atoms with Gasteiger partial charge < -0.3 is 10.0 Å². The molecule has 0 aromatic heterocycles. The van der Waals surface area contributed by atoms with Crippen LogP contribution in [0.1, 0.15) is 60.8 Å². The molecular formula is C33H41ClN2O2. The number of hydrogen-bond donors (Lipinski definition) is 1. The number of likely N-dealkylation sites (tertiary alicyclic amines) is 2. The standard InChI is InChI=1S/C18H18ClNO2.C15H23N/c19-16-9-5-4-8-15(16)17(18(21)22)20-11-10-14(12-20)13-6-2-1-3-7-13;1-16-12-10-15(11-13-16)9-5-8-14-6-3-2-4-7-14/h1-9,14,17H,10-12H2,(H,21,22);2-4,6-7,15H,5,8-13H2,1H3. The number of aliphatic carboxylic acids is 1. The van der Waals surface area contributed by atoms with Crippen LogP contribution in [0.4, 0.5) is 0 Å². The summed E-state index contributed by atoms with van der Waals surface area (Å²) in [6.07, 6.45) is 7.82. The molecule has 0 radical (unpaired) electrons. The highest BCUT2D eigenvalue weighted by Gasteiger charge is 2.35. The number of halogens is 1. The van der Waals surface area contributed by atoms with Crippen molar-refractivity contribution in [3.63, 3.8) is 0 Å². The number of carbonyl (C=O) groups is 1. The molecule has 2 fully saturated rings. The van der Waals surface area contributed by atoms with E-state index in [1.165, 1.54) is 56.3 Å². The van der Waals surface area contributed by atoms with Crippen LogP contribution in [0.15, 0.2) is 84.9 Å². The van der Waals surface area contributed by atoms with Gasteiger partial charge in [0.05, 0.1) is 0 Å². The fraction of sp³-hybridized carbons (Fsp3) is 0.424. The first-order valence-electron chi connectivity index (χ1n) is 14.0. The number of carboxylic acids is 1. The quantitative estimate of drug-likeness (QED) is 0.330. The first kappa shape index (κ1) is 28.4. The van der Waals surface area contributed by atoms with Crippen LogP contribution < -0.4 is 0 Å². The van der Waals surface area contributed by atoms with Gasteiger partial charge in [-0.1, -0.05) is 96.9 Å². The molecule has 1 N–H and O–H groups in total. The average Bonchev–Trinajstić information content (AvgIpc) is 3.42. The van der Waals surface area contributed by atoms with Crippen molar-refractivity contribution < 1.29 is 9.90 Å². The monoisotopic (exact) mass is 532 g/mol. The van der Waals surface area contributed by atoms with Gasteiger partial charge in [0.1, 0.15) is 6.04 Å². The molecule has 38 heavy (non-hydrogen) atoms. The van der Waals surface area contributed by atoms with Gasteiger partial charge in [0.15, 0.2) is 0 Å². The third kappa shape index (κ3) is 8.17. The lowest BCUT2D eigenvalue weighted by Crippen LogP contribution is -2.32. The lowest BCUT2D eigenvalue weighted by Gasteiger charge is -2.28. The molecule has 0 saturated carbocycles. The molecule has 5 rings (SSSR count). The first-order chi connectivity index (χ1) is 18.5. The van der Waals surface area contributed by atoms with Gasteiger partial charge in [-0.15, -0.1) is 0 Å². The molecule has 3 aromatic rings. The summed E-state index contributed by atoms with van der Waals surface area (Å²) >= 11 is 6.20. The highest BCUT2D eigenvalue weighted by Crippen LogP contribution is 2.35. The Morgan fingerprint density at radius 2 is 1.53 bits per heavy atom. The second-order valence-electron chi connectivity index (χ2n) is 10.8. The van der Waals surface area contributed by atoms with Gasteiger partial charge in [0.25, 0.3) is 0 Å². The van der Waals surface area contributed by atoms with E-state index in [0.717, 1.165) is 25.4 Å². The Labute approximate surface area is 233 Å². The number of carboxylic acid groups (broad SMARTS) is 1. The maximum atomic E-state index is 11.8. The molecule has 2 aliphatic rings. The Kier molecular flexibility index (Phi) is 10.8. The minimum absolute atomic E-state index is 0.380. The smallest absolute Gasteiger partial charge is 0.325 e. The Hall–Kier alpha value is -2.66. The van der Waals surface area contributed by atoms with Crippen molar-refractivity contribution in [2.24, 2.45) is 5.92 Å². The molecule has 2 atom stereocenters. The normalized spacial score (nSPS) is 19.5. The van der Waals surface area contributed by atoms with Gasteiger partial charge in [-0.3, -0.25) is 9.69 Å². The van der Waals surface area contributed by atoms with Crippen LogP contribution >= 0.6 is 11.6 Å². The zero-order valence-electron chi connectivity index (χ0n) is 22.5. The third-order valence-corrected chi connectivity index (χ3v) is 8.39. The highest BCUT2D eigenvalue weighted by atomic mass is 35.5. The van der Waals surface area contributed by atoms with Gasteiger partial charge in [-0.25, -0.2) is 0 Å². The second-order valence-corrected chi connectivity index (χ2v) is 11.2. The number of benzene rings is 3. The van der Waals surface area contributed by atoms with Crippen LogP contribution in [0.5, 0.6) is 0 Å². The van der Waals surface area contributed by atoms with Crippen LogP contribution in [0.2, 0.25) is 5.02 Å². The van der Waals surface area contributed by atoms with Crippen LogP contribution in [0.3, 0.4) is 0 Å². The summed E-state index contributed by atoms with van der Waals surface area (Å²) in [5, 5.41) is 10.2. The third-order valence-electron chi connectivity index (χ3n) is 8.05. The summed E-state index contributed by atoms with van der Waals surface area (Å²) < 4.78 is 0. The van der Waals surface area contributed by atoms with Gasteiger partial charge >= 0.3 is 5.97 Å². The van der Waals surface area contributed by atoms with Gasteiger partial charge in [-0.05, 0) is 93.4 Å². The fourth-order valence-electron chi connectivity index (χ4n) is 5.79. The van der Waals surface area contributed by atoms with Gasteiger partial charge in [-0.2, -0.15) is 0 Å². The van der Waals surface area contributed by atoms with Crippen molar-refractivity contribution in [3.05, 3.63) is 107 Å². The van der Waals surface area contributed by atoms with E-state index in [4.69, 9.17) is 11.6 Å². The number of aryl methyl sites for hydroxylation is 1. The van der Waals surface area contributed by atoms with E-state index in [-0.39, 0.29) is 0 Å². The lowest BCUT2D eigenvalue weighted by molar-refractivity contribution is -0.143. The molecule has 4 nitrogen and oxygen atoms in total. The summed E-state index contributed by atoms with van der Waals surface area (Å²) in [5.74, 6) is 0.521. The second kappa shape index (κ2) is 14.5. The largest absolute Gasteiger partial charge is 0.480 e. The summed E-state index contributed by atoms with van der Waals surface area (Å²) in [6.45, 7) is 4.11. The van der Waals surface area contributed by atoms with E-state index >= 15 is 0 Å². The van der Waals surface area contributed by atoms with Crippen LogP contribution in [-0.2, 0) is 11.2 Å². The summed E-state index contributed by atoms with van der Waals surface area (Å²) in [5.41, 5.74) is 3.44. The number of hydrogen-bond acceptors (Lipinski definition) is 3. The summed E-state index contributed by atoms with van der Waals surface area (Å²) in [4.78, 5) is 16.2. The van der Waals surface area contributed by atoms with E-state index < -0.39 is 12.0 Å². The SMILES string of the molecule is CN1CCC(CCCc2ccccc2)CC1.O=C(O)C(c1ccccc1Cl)N1CCC(c2ccccc2)C1. The molecule has 5 heteroatoms. The first-order valence-corrected chi connectivity index (χ1v) is 14.4. The number of nitrogens with zero attached hydrogens (tertiary/aromatic N) is 2. The maximum Gasteiger partial charge on any atom is 0.325 e. The number of rotatable bonds is 8. The van der Waals surface area contributed by atoms with E-state index in [1.807, 2.05) is 35.2 Å². The summed E-state index contributed by atoms with van der Waals surface area (Å²) in [7, 11) is 2.24. The Morgan fingerprint density at radius 3 is 2.18 bits per heavy atom. The van der Waals surface area contributed by atoms with Crippen LogP contribution in [0.25, 0.3) is 0 Å². The highest BCUT2D eigenvalue weighted by molar-refractivity contribution is 6.31. The van der Waals surface area contributed by atoms with E-state index in [9.17, 15) is 9.90 Å². The topological polar surface area (TPSA) is 43.8 Å². The molecule has 2 saturated heterocycles. The minimum Gasteiger partial charge on any atom is -0.480 e. The molecule has 2 aliphatic heterocycles. The maximum absolute atomic E-state index is 11.8. The Morgan fingerprint density at radius 1 is 0.895 bits per heavy atom. The van der Waals surface area contributed by atoms with Crippen molar-refractivity contribution in [3.8, 4) is 0 Å². The molecule has 2 unspecified atom stereocenters. The van der Waals surface area contributed by atoms with Crippen molar-refractivity contribution in [1.29, 1.82) is 0 Å². The molecule has 0 amide bonds. The Balaban J connectivity index is 0.000000186. The zero-order chi connectivity index (χ0) is 26.7. The molecule has 0 spiro atoms. The van der Waals surface area contributed by atoms with Crippen molar-refractivity contribution in [2.45, 2.75) is 50.5 Å². The van der Waals surface area contributed by atoms with Crippen molar-refractivity contribution in [1.82, 2.24) is 9.80 Å². The van der Waals surface area contributed by atoms with Gasteiger partial charge in [0, 0.05) is 11.6 Å². The van der Waals surface area contributed by atoms with E-state index in [1.54, 1.807) is 12.1 Å². The van der Waals surface area contributed by atoms with E-state index in [2.05, 4.69) is 54.4 Å². The minimum atomic E-state index is -0.846. The number of piperidine rings is 1. The summed E-state index contributed by atoms with van der Waals surface area (Å²) in [6, 6.07) is 27.7. The van der Waals surface area contributed by atoms with Gasteiger partial charge in [0.2, 0.25) is 0 Å². The van der Waals surface area contributed by atoms with Crippen LogP contribution in [0, 0.1) is 5.92 Å². The van der Waals surface area contributed by atoms with Crippen molar-refractivity contribution >= 4 is 17.6 Å². The Bertz CT molecular complexity index is 1120. The van der Waals surface area contributed by atoms with Crippen molar-refractivity contribution in [2.75, 3.05) is 33.2 Å². The van der Waals surface area contributed by atoms with E-state index in [0.29, 0.717) is 16.5 Å². The zero-order valence-corrected chi connectivity index (χ0v) is 23.3. The fourth-order valence-corrected chi connectivity index (χ4v) is 6.03. The molecule has 0 aliphatic carbocycles. The molecular weight excluding hydrogens is 492 g/mol. The predicted molar refractivity (Wildman–Crippen MR) is 157 cm³/mol. The average molecular weight is 533 g/mol. The lowest BCUT2D eigenvalue weighted by atomic mass is 9.91.